The molecule has 23 heavy (non-hydrogen) atoms. The second-order valence-corrected chi connectivity index (χ2v) is 6.34. The van der Waals surface area contributed by atoms with Gasteiger partial charge in [-0.1, -0.05) is 32.9 Å². The van der Waals surface area contributed by atoms with Crippen molar-refractivity contribution in [2.24, 2.45) is 0 Å². The van der Waals surface area contributed by atoms with E-state index in [1.54, 1.807) is 31.4 Å². The van der Waals surface area contributed by atoms with Crippen LogP contribution in [0.4, 0.5) is 5.69 Å². The molecule has 2 rings (SSSR count). The van der Waals surface area contributed by atoms with E-state index in [-0.39, 0.29) is 17.9 Å². The number of hydrogen-bond donors (Lipinski definition) is 1. The number of ether oxygens (including phenoxy) is 2. The molecular weight excluding hydrogens is 290 g/mol. The Hall–Kier alpha value is -2.49. The zero-order valence-corrected chi connectivity index (χ0v) is 14.1. The van der Waals surface area contributed by atoms with Gasteiger partial charge in [-0.15, -0.1) is 0 Å². The lowest BCUT2D eigenvalue weighted by molar-refractivity contribution is -0.118. The molecule has 1 amide bonds. The van der Waals surface area contributed by atoms with Crippen molar-refractivity contribution in [2.75, 3.05) is 19.0 Å². The van der Waals surface area contributed by atoms with E-state index >= 15 is 0 Å². The van der Waals surface area contributed by atoms with Gasteiger partial charge in [0.2, 0.25) is 0 Å². The quantitative estimate of drug-likeness (QED) is 0.907. The number of anilines is 1. The summed E-state index contributed by atoms with van der Waals surface area (Å²) in [5, 5.41) is 2.82. The van der Waals surface area contributed by atoms with E-state index in [0.717, 1.165) is 11.4 Å². The lowest BCUT2D eigenvalue weighted by Crippen LogP contribution is -2.20. The molecule has 0 spiro atoms. The summed E-state index contributed by atoms with van der Waals surface area (Å²) in [4.78, 5) is 11.9. The summed E-state index contributed by atoms with van der Waals surface area (Å²) in [5.74, 6) is 1.19. The molecule has 0 radical (unpaired) electrons. The van der Waals surface area contributed by atoms with Crippen molar-refractivity contribution in [3.05, 3.63) is 54.1 Å². The highest BCUT2D eigenvalue weighted by Gasteiger charge is 2.13. The molecule has 0 aliphatic carbocycles. The van der Waals surface area contributed by atoms with Crippen LogP contribution in [0.5, 0.6) is 11.5 Å². The highest BCUT2D eigenvalue weighted by molar-refractivity contribution is 5.91. The Morgan fingerprint density at radius 3 is 2.04 bits per heavy atom. The normalized spacial score (nSPS) is 11.0. The maximum Gasteiger partial charge on any atom is 0.262 e. The third-order valence-electron chi connectivity index (χ3n) is 3.46. The number of carbonyl (C=O) groups excluding carboxylic acids is 1. The standard InChI is InChI=1S/C19H23NO3/c1-19(2,3)14-5-7-15(8-6-14)20-18(21)13-23-17-11-9-16(22-4)10-12-17/h5-12H,13H2,1-4H3,(H,20,21). The van der Waals surface area contributed by atoms with Crippen LogP contribution in [0, 0.1) is 0 Å². The first-order valence-electron chi connectivity index (χ1n) is 7.56. The molecule has 4 heteroatoms. The zero-order valence-electron chi connectivity index (χ0n) is 14.1. The number of benzene rings is 2. The summed E-state index contributed by atoms with van der Waals surface area (Å²) in [6, 6.07) is 15.0. The van der Waals surface area contributed by atoms with Crippen LogP contribution in [0.25, 0.3) is 0 Å². The van der Waals surface area contributed by atoms with Crippen LogP contribution in [0.3, 0.4) is 0 Å². The van der Waals surface area contributed by atoms with Crippen LogP contribution in [-0.2, 0) is 10.2 Å². The van der Waals surface area contributed by atoms with Gasteiger partial charge >= 0.3 is 0 Å². The van der Waals surface area contributed by atoms with Crippen LogP contribution in [-0.4, -0.2) is 19.6 Å². The maximum absolute atomic E-state index is 11.9. The predicted octanol–water partition coefficient (Wildman–Crippen LogP) is 4.01. The van der Waals surface area contributed by atoms with Gasteiger partial charge in [0.05, 0.1) is 7.11 Å². The molecule has 0 aliphatic heterocycles. The van der Waals surface area contributed by atoms with Crippen LogP contribution in [0.1, 0.15) is 26.3 Å². The van der Waals surface area contributed by atoms with Gasteiger partial charge in [0.25, 0.3) is 5.91 Å². The minimum absolute atomic E-state index is 0.0344. The molecular formula is C19H23NO3. The smallest absolute Gasteiger partial charge is 0.262 e. The van der Waals surface area contributed by atoms with E-state index in [1.807, 2.05) is 24.3 Å². The first kappa shape index (κ1) is 16.9. The van der Waals surface area contributed by atoms with Crippen molar-refractivity contribution in [1.82, 2.24) is 0 Å². The van der Waals surface area contributed by atoms with Gasteiger partial charge in [-0.3, -0.25) is 4.79 Å². The van der Waals surface area contributed by atoms with Gasteiger partial charge in [0.1, 0.15) is 11.5 Å². The van der Waals surface area contributed by atoms with Crippen LogP contribution < -0.4 is 14.8 Å². The predicted molar refractivity (Wildman–Crippen MR) is 92.3 cm³/mol. The maximum atomic E-state index is 11.9. The summed E-state index contributed by atoms with van der Waals surface area (Å²) < 4.78 is 10.5. The summed E-state index contributed by atoms with van der Waals surface area (Å²) >= 11 is 0. The van der Waals surface area contributed by atoms with E-state index in [9.17, 15) is 4.79 Å². The van der Waals surface area contributed by atoms with Gasteiger partial charge in [-0.25, -0.2) is 0 Å². The SMILES string of the molecule is COc1ccc(OCC(=O)Nc2ccc(C(C)(C)C)cc2)cc1. The van der Waals surface area contributed by atoms with E-state index < -0.39 is 0 Å². The lowest BCUT2D eigenvalue weighted by atomic mass is 9.87. The monoisotopic (exact) mass is 313 g/mol. The Kier molecular flexibility index (Phi) is 5.27. The number of methoxy groups -OCH3 is 1. The average molecular weight is 313 g/mol. The number of rotatable bonds is 5. The number of nitrogens with one attached hydrogen (secondary N) is 1. The highest BCUT2D eigenvalue weighted by atomic mass is 16.5. The molecule has 0 saturated heterocycles. The van der Waals surface area contributed by atoms with Crippen molar-refractivity contribution >= 4 is 11.6 Å². The largest absolute Gasteiger partial charge is 0.497 e. The first-order valence-corrected chi connectivity index (χ1v) is 7.56. The van der Waals surface area contributed by atoms with E-state index in [2.05, 4.69) is 26.1 Å². The summed E-state index contributed by atoms with van der Waals surface area (Å²) in [6.45, 7) is 6.43. The summed E-state index contributed by atoms with van der Waals surface area (Å²) in [7, 11) is 1.61. The summed E-state index contributed by atoms with van der Waals surface area (Å²) in [5.41, 5.74) is 2.09. The number of carbonyl (C=O) groups is 1. The molecule has 2 aromatic carbocycles. The van der Waals surface area contributed by atoms with Crippen molar-refractivity contribution in [2.45, 2.75) is 26.2 Å². The number of amides is 1. The van der Waals surface area contributed by atoms with E-state index in [4.69, 9.17) is 9.47 Å². The van der Waals surface area contributed by atoms with Crippen LogP contribution >= 0.6 is 0 Å². The molecule has 0 heterocycles. The lowest BCUT2D eigenvalue weighted by Gasteiger charge is -2.19. The molecule has 0 unspecified atom stereocenters. The first-order chi connectivity index (χ1) is 10.9. The second kappa shape index (κ2) is 7.18. The Bertz CT molecular complexity index is 640. The van der Waals surface area contributed by atoms with Gasteiger partial charge in [-0.05, 0) is 47.4 Å². The molecule has 0 bridgehead atoms. The van der Waals surface area contributed by atoms with Gasteiger partial charge in [0.15, 0.2) is 6.61 Å². The highest BCUT2D eigenvalue weighted by Crippen LogP contribution is 2.23. The number of hydrogen-bond acceptors (Lipinski definition) is 3. The van der Waals surface area contributed by atoms with E-state index in [0.29, 0.717) is 5.75 Å². The second-order valence-electron chi connectivity index (χ2n) is 6.34. The summed E-state index contributed by atoms with van der Waals surface area (Å²) in [6.07, 6.45) is 0. The fourth-order valence-corrected chi connectivity index (χ4v) is 2.07. The fraction of sp³-hybridized carbons (Fsp3) is 0.316. The molecule has 0 aliphatic rings. The Morgan fingerprint density at radius 2 is 1.52 bits per heavy atom. The Labute approximate surface area is 137 Å². The molecule has 0 saturated carbocycles. The molecule has 0 aromatic heterocycles. The molecule has 122 valence electrons. The van der Waals surface area contributed by atoms with Crippen LogP contribution in [0.15, 0.2) is 48.5 Å². The Morgan fingerprint density at radius 1 is 0.957 bits per heavy atom. The minimum atomic E-state index is -0.190. The fourth-order valence-electron chi connectivity index (χ4n) is 2.07. The van der Waals surface area contributed by atoms with Crippen molar-refractivity contribution in [1.29, 1.82) is 0 Å². The van der Waals surface area contributed by atoms with Crippen molar-refractivity contribution in [3.63, 3.8) is 0 Å². The van der Waals surface area contributed by atoms with E-state index in [1.165, 1.54) is 5.56 Å². The third-order valence-corrected chi connectivity index (χ3v) is 3.46. The average Bonchev–Trinajstić information content (AvgIpc) is 2.53. The molecule has 2 aromatic rings. The minimum Gasteiger partial charge on any atom is -0.497 e. The van der Waals surface area contributed by atoms with Crippen molar-refractivity contribution in [3.8, 4) is 11.5 Å². The zero-order chi connectivity index (χ0) is 16.9. The molecule has 0 fully saturated rings. The van der Waals surface area contributed by atoms with Gasteiger partial charge in [-0.2, -0.15) is 0 Å². The molecule has 0 atom stereocenters. The Balaban J connectivity index is 1.86. The van der Waals surface area contributed by atoms with Gasteiger partial charge < -0.3 is 14.8 Å². The third kappa shape index (κ3) is 5.02. The van der Waals surface area contributed by atoms with Crippen LogP contribution in [0.2, 0.25) is 0 Å². The van der Waals surface area contributed by atoms with Gasteiger partial charge in [0, 0.05) is 5.69 Å². The molecule has 1 N–H and O–H groups in total. The topological polar surface area (TPSA) is 47.6 Å². The molecule has 4 nitrogen and oxygen atoms in total. The van der Waals surface area contributed by atoms with Crippen molar-refractivity contribution < 1.29 is 14.3 Å².